The molecule has 5 aliphatic carbocycles. The topological polar surface area (TPSA) is 26.3 Å². The van der Waals surface area contributed by atoms with E-state index in [4.69, 9.17) is 8.83 Å². The summed E-state index contributed by atoms with van der Waals surface area (Å²) in [7, 11) is 0. The molecule has 2 nitrogen and oxygen atoms in total. The van der Waals surface area contributed by atoms with Crippen LogP contribution in [-0.2, 0) is 5.41 Å². The van der Waals surface area contributed by atoms with Gasteiger partial charge in [-0.05, 0) is 84.7 Å². The Morgan fingerprint density at radius 1 is 0.676 bits per heavy atom. The second-order valence-electron chi connectivity index (χ2n) is 11.9. The molecule has 4 fully saturated rings. The molecular formula is C33H22Br2O2. The molecule has 0 amide bonds. The summed E-state index contributed by atoms with van der Waals surface area (Å²) >= 11 is 8.06. The molecule has 0 N–H and O–H groups in total. The normalized spacial score (nSPS) is 26.4. The van der Waals surface area contributed by atoms with E-state index in [0.29, 0.717) is 11.8 Å². The van der Waals surface area contributed by atoms with Gasteiger partial charge >= 0.3 is 0 Å². The van der Waals surface area contributed by atoms with Gasteiger partial charge in [-0.2, -0.15) is 0 Å². The molecule has 6 aromatic rings. The van der Waals surface area contributed by atoms with Crippen LogP contribution in [0.2, 0.25) is 0 Å². The third-order valence-electron chi connectivity index (χ3n) is 10.6. The van der Waals surface area contributed by atoms with Crippen LogP contribution < -0.4 is 0 Å². The van der Waals surface area contributed by atoms with Crippen molar-refractivity contribution < 1.29 is 8.83 Å². The molecule has 4 heteroatoms. The molecule has 0 aliphatic heterocycles. The lowest BCUT2D eigenvalue weighted by Gasteiger charge is -2.44. The van der Waals surface area contributed by atoms with E-state index >= 15 is 0 Å². The molecule has 2 aromatic heterocycles. The van der Waals surface area contributed by atoms with Gasteiger partial charge in [0.1, 0.15) is 22.3 Å². The molecule has 37 heavy (non-hydrogen) atoms. The quantitative estimate of drug-likeness (QED) is 0.171. The molecule has 4 bridgehead atoms. The highest BCUT2D eigenvalue weighted by Crippen LogP contribution is 2.74. The summed E-state index contributed by atoms with van der Waals surface area (Å²) in [5.41, 5.74) is 9.43. The smallest absolute Gasteiger partial charge is 0.144 e. The van der Waals surface area contributed by atoms with Crippen LogP contribution in [-0.4, -0.2) is 0 Å². The molecule has 2 heterocycles. The van der Waals surface area contributed by atoms with Gasteiger partial charge in [-0.3, -0.25) is 0 Å². The van der Waals surface area contributed by atoms with Crippen LogP contribution in [0.5, 0.6) is 0 Å². The minimum Gasteiger partial charge on any atom is -0.455 e. The van der Waals surface area contributed by atoms with Crippen molar-refractivity contribution in [1.82, 2.24) is 0 Å². The predicted molar refractivity (Wildman–Crippen MR) is 155 cm³/mol. The number of hydrogen-bond donors (Lipinski definition) is 0. The third-order valence-corrected chi connectivity index (χ3v) is 11.8. The third kappa shape index (κ3) is 2.17. The van der Waals surface area contributed by atoms with E-state index in [9.17, 15) is 0 Å². The number of hydrogen-bond acceptors (Lipinski definition) is 2. The van der Waals surface area contributed by atoms with E-state index in [2.05, 4.69) is 92.5 Å². The van der Waals surface area contributed by atoms with Gasteiger partial charge < -0.3 is 8.83 Å². The van der Waals surface area contributed by atoms with Crippen molar-refractivity contribution in [2.24, 2.45) is 23.7 Å². The van der Waals surface area contributed by atoms with E-state index in [0.717, 1.165) is 43.1 Å². The molecule has 4 atom stereocenters. The van der Waals surface area contributed by atoms with Crippen molar-refractivity contribution in [2.75, 3.05) is 0 Å². The predicted octanol–water partition coefficient (Wildman–Crippen LogP) is 10.3. The Bertz CT molecular complexity index is 1880. The Morgan fingerprint density at radius 2 is 1.24 bits per heavy atom. The first-order valence-corrected chi connectivity index (χ1v) is 15.0. The molecule has 0 radical (unpaired) electrons. The highest BCUT2D eigenvalue weighted by atomic mass is 79.9. The van der Waals surface area contributed by atoms with E-state index in [-0.39, 0.29) is 5.41 Å². The van der Waals surface area contributed by atoms with Crippen molar-refractivity contribution in [3.8, 4) is 11.1 Å². The fourth-order valence-corrected chi connectivity index (χ4v) is 10.9. The largest absolute Gasteiger partial charge is 0.455 e. The van der Waals surface area contributed by atoms with Crippen LogP contribution in [0.25, 0.3) is 55.0 Å². The van der Waals surface area contributed by atoms with E-state index in [1.54, 1.807) is 0 Å². The highest BCUT2D eigenvalue weighted by molar-refractivity contribution is 9.11. The first-order valence-electron chi connectivity index (χ1n) is 13.4. The van der Waals surface area contributed by atoms with Gasteiger partial charge in [0.25, 0.3) is 0 Å². The first-order chi connectivity index (χ1) is 18.1. The van der Waals surface area contributed by atoms with E-state index in [1.807, 2.05) is 0 Å². The molecule has 4 aromatic carbocycles. The van der Waals surface area contributed by atoms with Gasteiger partial charge in [0.15, 0.2) is 0 Å². The van der Waals surface area contributed by atoms with Gasteiger partial charge in [-0.1, -0.05) is 68.3 Å². The fourth-order valence-electron chi connectivity index (χ4n) is 9.63. The van der Waals surface area contributed by atoms with Gasteiger partial charge in [0.2, 0.25) is 0 Å². The fraction of sp³-hybridized carbons (Fsp3) is 0.273. The number of para-hydroxylation sites is 2. The summed E-state index contributed by atoms with van der Waals surface area (Å²) in [5.74, 6) is 3.11. The zero-order valence-electron chi connectivity index (χ0n) is 20.0. The number of benzene rings is 4. The molecule has 0 saturated heterocycles. The maximum Gasteiger partial charge on any atom is 0.144 e. The van der Waals surface area contributed by atoms with Crippen LogP contribution in [0.1, 0.15) is 36.8 Å². The average molecular weight is 610 g/mol. The number of halogens is 2. The van der Waals surface area contributed by atoms with Crippen molar-refractivity contribution in [1.29, 1.82) is 0 Å². The van der Waals surface area contributed by atoms with Crippen molar-refractivity contribution in [2.45, 2.75) is 31.1 Å². The molecule has 11 rings (SSSR count). The van der Waals surface area contributed by atoms with Crippen LogP contribution in [0.4, 0.5) is 0 Å². The minimum absolute atomic E-state index is 0.0354. The average Bonchev–Trinajstić information content (AvgIpc) is 3.65. The van der Waals surface area contributed by atoms with Gasteiger partial charge in [-0.25, -0.2) is 0 Å². The van der Waals surface area contributed by atoms with Crippen LogP contribution in [0, 0.1) is 23.7 Å². The summed E-state index contributed by atoms with van der Waals surface area (Å²) in [5, 5.41) is 4.69. The van der Waals surface area contributed by atoms with Crippen molar-refractivity contribution >= 4 is 75.7 Å². The molecular weight excluding hydrogens is 588 g/mol. The lowest BCUT2D eigenvalue weighted by Crippen LogP contribution is -2.40. The van der Waals surface area contributed by atoms with Gasteiger partial charge in [0.05, 0.1) is 0 Å². The van der Waals surface area contributed by atoms with Crippen molar-refractivity contribution in [3.63, 3.8) is 0 Å². The summed E-state index contributed by atoms with van der Waals surface area (Å²) < 4.78 is 15.8. The summed E-state index contributed by atoms with van der Waals surface area (Å²) in [6, 6.07) is 21.8. The number of furan rings is 2. The SMILES string of the molecule is Brc1cc2c(c3oc4ccccc4c13)-c1c(cc(Br)c3c1oc1ccccc13)C21C2CC3CC(C2)C1C3. The zero-order valence-corrected chi connectivity index (χ0v) is 23.2. The number of rotatable bonds is 0. The summed E-state index contributed by atoms with van der Waals surface area (Å²) in [6.07, 6.45) is 5.46. The Kier molecular flexibility index (Phi) is 3.60. The second-order valence-corrected chi connectivity index (χ2v) is 13.6. The first kappa shape index (κ1) is 20.4. The van der Waals surface area contributed by atoms with Gasteiger partial charge in [0, 0.05) is 47.0 Å². The Labute approximate surface area is 230 Å². The summed E-state index contributed by atoms with van der Waals surface area (Å²) in [4.78, 5) is 0. The monoisotopic (exact) mass is 608 g/mol. The lowest BCUT2D eigenvalue weighted by atomic mass is 9.59. The Morgan fingerprint density at radius 3 is 1.81 bits per heavy atom. The molecule has 4 unspecified atom stereocenters. The van der Waals surface area contributed by atoms with Crippen molar-refractivity contribution in [3.05, 3.63) is 80.7 Å². The van der Waals surface area contributed by atoms with E-state index in [1.165, 1.54) is 69.5 Å². The van der Waals surface area contributed by atoms with Gasteiger partial charge in [-0.15, -0.1) is 0 Å². The molecule has 5 aliphatic rings. The van der Waals surface area contributed by atoms with E-state index < -0.39 is 0 Å². The molecule has 1 spiro atoms. The van der Waals surface area contributed by atoms with Crippen LogP contribution in [0.15, 0.2) is 78.4 Å². The highest BCUT2D eigenvalue weighted by Gasteiger charge is 2.66. The second kappa shape index (κ2) is 6.52. The standard InChI is InChI=1S/C33H22Br2O2/c34-23-13-21-29(31-27(23)18-5-1-3-7-25(18)36-31)30-22(33(21)17-10-15-9-16(12-17)20(33)11-15)14-24(35)28-19-6-2-4-8-26(19)37-32(28)30/h1-8,13-17,20H,9-12H2. The minimum atomic E-state index is 0.0354. The maximum absolute atomic E-state index is 6.76. The Hall–Kier alpha value is -2.56. The van der Waals surface area contributed by atoms with Crippen LogP contribution >= 0.6 is 31.9 Å². The molecule has 4 saturated carbocycles. The maximum atomic E-state index is 6.76. The zero-order chi connectivity index (χ0) is 24.2. The summed E-state index contributed by atoms with van der Waals surface area (Å²) in [6.45, 7) is 0. The number of fused-ring (bicyclic) bond motifs is 11. The molecule has 180 valence electrons. The Balaban J connectivity index is 1.46. The lowest BCUT2D eigenvalue weighted by molar-refractivity contribution is 0.190. The van der Waals surface area contributed by atoms with Crippen LogP contribution in [0.3, 0.4) is 0 Å².